The van der Waals surface area contributed by atoms with Crippen LogP contribution in [-0.4, -0.2) is 20.6 Å². The van der Waals surface area contributed by atoms with E-state index in [9.17, 15) is 4.46 Å². The maximum Gasteiger partial charge on any atom is 0.764 e. The zero-order valence-electron chi connectivity index (χ0n) is 4.46. The van der Waals surface area contributed by atoms with Crippen LogP contribution in [0.25, 0.3) is 0 Å². The number of hydrogen-bond donors (Lipinski definition) is 1. The van der Waals surface area contributed by atoms with Crippen molar-refractivity contribution in [2.75, 3.05) is 6.61 Å². The van der Waals surface area contributed by atoms with Crippen LogP contribution in [0.1, 0.15) is 0 Å². The summed E-state index contributed by atoms with van der Waals surface area (Å²) in [6, 6.07) is 0. The molecule has 0 saturated heterocycles. The second kappa shape index (κ2) is 6.98. The molecule has 0 aliphatic rings. The predicted octanol–water partition coefficient (Wildman–Crippen LogP) is -0.406. The molecule has 42 valence electrons. The molecule has 0 aromatic heterocycles. The molecule has 0 spiro atoms. The van der Waals surface area contributed by atoms with Crippen molar-refractivity contribution in [3.8, 4) is 0 Å². The molecule has 1 N–H and O–H groups in total. The van der Waals surface area contributed by atoms with E-state index in [1.54, 1.807) is 0 Å². The Morgan fingerprint density at radius 3 is 2.50 bits per heavy atom. The normalized spacial score (nSPS) is 6.50. The van der Waals surface area contributed by atoms with Crippen LogP contribution in [0.4, 0.5) is 0 Å². The fourth-order valence-electron chi connectivity index (χ4n) is 0.130. The summed E-state index contributed by atoms with van der Waals surface area (Å²) in [5.41, 5.74) is 0. The monoisotopic (exact) mass is 182 g/mol. The van der Waals surface area contributed by atoms with E-state index in [0.717, 1.165) is 0 Å². The van der Waals surface area contributed by atoms with E-state index in [4.69, 9.17) is 4.80 Å². The summed E-state index contributed by atoms with van der Waals surface area (Å²) in [5.74, 6) is 0. The molecule has 0 saturated carbocycles. The van der Waals surface area contributed by atoms with Gasteiger partial charge in [-0.25, -0.2) is 0 Å². The largest absolute Gasteiger partial charge is 0.764 e. The van der Waals surface area contributed by atoms with Crippen molar-refractivity contribution in [3.63, 3.8) is 0 Å². The SMILES string of the molecule is C=CCO[Si](=O)O.[Zn]. The van der Waals surface area contributed by atoms with Gasteiger partial charge in [-0.1, -0.05) is 12.7 Å². The summed E-state index contributed by atoms with van der Waals surface area (Å²) in [5, 5.41) is 0. The van der Waals surface area contributed by atoms with Gasteiger partial charge in [0.05, 0.1) is 6.61 Å². The van der Waals surface area contributed by atoms with Crippen LogP contribution in [0.15, 0.2) is 12.7 Å². The van der Waals surface area contributed by atoms with Crippen molar-refractivity contribution in [2.45, 2.75) is 0 Å². The molecule has 0 rings (SSSR count). The van der Waals surface area contributed by atoms with Crippen LogP contribution in [0, 0.1) is 0 Å². The van der Waals surface area contributed by atoms with Gasteiger partial charge in [-0.15, -0.1) is 0 Å². The molecule has 0 heterocycles. The Bertz CT molecular complexity index is 84.6. The first-order valence-electron chi connectivity index (χ1n) is 1.74. The molecule has 3 nitrogen and oxygen atoms in total. The van der Waals surface area contributed by atoms with E-state index >= 15 is 0 Å². The minimum absolute atomic E-state index is 0. The molecule has 0 amide bonds. The van der Waals surface area contributed by atoms with Gasteiger partial charge in [-0.3, -0.25) is 4.46 Å². The first kappa shape index (κ1) is 10.9. The van der Waals surface area contributed by atoms with Gasteiger partial charge in [0.25, 0.3) is 0 Å². The molecule has 0 aromatic carbocycles. The van der Waals surface area contributed by atoms with Gasteiger partial charge < -0.3 is 9.22 Å². The minimum atomic E-state index is -2.72. The molecular weight excluding hydrogens is 178 g/mol. The molecule has 0 aliphatic carbocycles. The van der Waals surface area contributed by atoms with Gasteiger partial charge in [0.1, 0.15) is 0 Å². The third-order valence-corrected chi connectivity index (χ3v) is 0.738. The van der Waals surface area contributed by atoms with Crippen molar-refractivity contribution < 1.29 is 33.2 Å². The Morgan fingerprint density at radius 1 is 1.88 bits per heavy atom. The van der Waals surface area contributed by atoms with Crippen LogP contribution in [-0.2, 0) is 28.4 Å². The van der Waals surface area contributed by atoms with Crippen LogP contribution >= 0.6 is 0 Å². The molecule has 0 aromatic rings. The minimum Gasteiger partial charge on any atom is -0.511 e. The maximum atomic E-state index is 9.67. The van der Waals surface area contributed by atoms with Crippen LogP contribution in [0.2, 0.25) is 0 Å². The zero-order valence-corrected chi connectivity index (χ0v) is 8.43. The third-order valence-electron chi connectivity index (χ3n) is 0.325. The fourth-order valence-corrected chi connectivity index (χ4v) is 0.391. The first-order chi connectivity index (χ1) is 3.27. The van der Waals surface area contributed by atoms with Crippen molar-refractivity contribution >= 4 is 9.17 Å². The van der Waals surface area contributed by atoms with E-state index in [0.29, 0.717) is 0 Å². The molecule has 0 unspecified atom stereocenters. The Labute approximate surface area is 62.0 Å². The standard InChI is InChI=1S/C3H6O3Si.Zn/c1-2-3-6-7(4)5;/h2,4H,1,3H2;. The van der Waals surface area contributed by atoms with E-state index in [2.05, 4.69) is 11.0 Å². The molecular formula is C3H6O3SiZn. The second-order valence-electron chi connectivity index (χ2n) is 0.866. The third kappa shape index (κ3) is 9.36. The molecule has 0 bridgehead atoms. The molecule has 0 aliphatic heterocycles. The van der Waals surface area contributed by atoms with E-state index < -0.39 is 9.17 Å². The zero-order chi connectivity index (χ0) is 5.70. The smallest absolute Gasteiger partial charge is 0.511 e. The quantitative estimate of drug-likeness (QED) is 0.478. The van der Waals surface area contributed by atoms with E-state index in [1.807, 2.05) is 0 Å². The molecule has 0 fully saturated rings. The molecule has 8 heavy (non-hydrogen) atoms. The van der Waals surface area contributed by atoms with Gasteiger partial charge in [0.15, 0.2) is 0 Å². The van der Waals surface area contributed by atoms with Gasteiger partial charge in [0.2, 0.25) is 0 Å². The summed E-state index contributed by atoms with van der Waals surface area (Å²) >= 11 is 0. The Kier molecular flexibility index (Phi) is 9.49. The molecule has 0 radical (unpaired) electrons. The van der Waals surface area contributed by atoms with Crippen molar-refractivity contribution in [1.29, 1.82) is 0 Å². The van der Waals surface area contributed by atoms with Crippen molar-refractivity contribution in [3.05, 3.63) is 12.7 Å². The first-order valence-corrected chi connectivity index (χ1v) is 3.00. The fraction of sp³-hybridized carbons (Fsp3) is 0.333. The van der Waals surface area contributed by atoms with Gasteiger partial charge in [0, 0.05) is 19.5 Å². The van der Waals surface area contributed by atoms with Crippen LogP contribution in [0.3, 0.4) is 0 Å². The average molecular weight is 184 g/mol. The summed E-state index contributed by atoms with van der Waals surface area (Å²) < 4.78 is 13.8. The summed E-state index contributed by atoms with van der Waals surface area (Å²) in [6.45, 7) is 3.42. The van der Waals surface area contributed by atoms with Gasteiger partial charge in [-0.2, -0.15) is 0 Å². The average Bonchev–Trinajstić information content (AvgIpc) is 1.61. The van der Waals surface area contributed by atoms with E-state index in [-0.39, 0.29) is 26.1 Å². The topological polar surface area (TPSA) is 46.5 Å². The van der Waals surface area contributed by atoms with Gasteiger partial charge in [-0.05, 0) is 0 Å². The Balaban J connectivity index is 0. The van der Waals surface area contributed by atoms with Crippen LogP contribution in [0.5, 0.6) is 0 Å². The molecule has 5 heteroatoms. The van der Waals surface area contributed by atoms with Crippen LogP contribution < -0.4 is 0 Å². The summed E-state index contributed by atoms with van der Waals surface area (Å²) in [6.07, 6.45) is 1.42. The van der Waals surface area contributed by atoms with Gasteiger partial charge >= 0.3 is 9.17 Å². The van der Waals surface area contributed by atoms with Crippen molar-refractivity contribution in [1.82, 2.24) is 0 Å². The second-order valence-corrected chi connectivity index (χ2v) is 1.69. The maximum absolute atomic E-state index is 9.67. The number of hydrogen-bond acceptors (Lipinski definition) is 2. The molecule has 0 atom stereocenters. The summed E-state index contributed by atoms with van der Waals surface area (Å²) in [7, 11) is -2.72. The predicted molar refractivity (Wildman–Crippen MR) is 24.8 cm³/mol. The Hall–Kier alpha value is -0.0197. The van der Waals surface area contributed by atoms with E-state index in [1.165, 1.54) is 6.08 Å². The number of rotatable bonds is 3. The van der Waals surface area contributed by atoms with Crippen molar-refractivity contribution in [2.24, 2.45) is 0 Å². The summed E-state index contributed by atoms with van der Waals surface area (Å²) in [4.78, 5) is 7.96. The Morgan fingerprint density at radius 2 is 2.38 bits per heavy atom.